The van der Waals surface area contributed by atoms with Crippen LogP contribution in [-0.4, -0.2) is 4.98 Å². The topological polar surface area (TPSA) is 22.1 Å². The molecule has 0 amide bonds. The number of rotatable bonds is 1. The zero-order valence-corrected chi connectivity index (χ0v) is 4.24. The Morgan fingerprint density at radius 1 is 1.50 bits per heavy atom. The van der Waals surface area contributed by atoms with Crippen LogP contribution in [0.5, 0.6) is 5.88 Å². The average Bonchev–Trinajstić information content (AvgIpc) is 1.90. The third kappa shape index (κ3) is 0.964. The van der Waals surface area contributed by atoms with Gasteiger partial charge in [-0.25, -0.2) is 4.98 Å². The Balaban J connectivity index is 2.83. The summed E-state index contributed by atoms with van der Waals surface area (Å²) in [6, 6.07) is 5.28. The largest absolute Gasteiger partial charge is 0.466 e. The Hall–Kier alpha value is -1.05. The molecule has 0 bridgehead atoms. The maximum absolute atomic E-state index is 4.79. The monoisotopic (exact) mass is 107 g/mol. The molecule has 1 heterocycles. The summed E-state index contributed by atoms with van der Waals surface area (Å²) in [4.78, 5) is 3.75. The summed E-state index contributed by atoms with van der Waals surface area (Å²) in [6.07, 6.45) is 1.61. The Bertz CT molecular complexity index is 150. The van der Waals surface area contributed by atoms with Crippen molar-refractivity contribution in [1.29, 1.82) is 0 Å². The van der Waals surface area contributed by atoms with Crippen molar-refractivity contribution in [3.63, 3.8) is 0 Å². The highest BCUT2D eigenvalue weighted by Crippen LogP contribution is 2.00. The Morgan fingerprint density at radius 2 is 2.38 bits per heavy atom. The first-order chi connectivity index (χ1) is 3.93. The molecule has 0 spiro atoms. The zero-order chi connectivity index (χ0) is 5.82. The van der Waals surface area contributed by atoms with Gasteiger partial charge in [0.25, 0.3) is 0 Å². The van der Waals surface area contributed by atoms with Crippen LogP contribution in [-0.2, 0) is 0 Å². The maximum atomic E-state index is 4.79. The van der Waals surface area contributed by atoms with Crippen molar-refractivity contribution in [3.8, 4) is 5.88 Å². The molecule has 0 aliphatic heterocycles. The second-order valence-corrected chi connectivity index (χ2v) is 1.29. The summed E-state index contributed by atoms with van der Waals surface area (Å²) < 4.78 is 4.30. The van der Waals surface area contributed by atoms with E-state index in [0.717, 1.165) is 0 Å². The van der Waals surface area contributed by atoms with E-state index in [9.17, 15) is 0 Å². The van der Waals surface area contributed by atoms with Gasteiger partial charge in [0, 0.05) is 12.3 Å². The molecule has 40 valence electrons. The van der Waals surface area contributed by atoms with E-state index in [1.807, 2.05) is 0 Å². The lowest BCUT2D eigenvalue weighted by molar-refractivity contribution is 0.453. The molecule has 0 N–H and O–H groups in total. The third-order valence-corrected chi connectivity index (χ3v) is 0.759. The lowest BCUT2D eigenvalue weighted by Crippen LogP contribution is -1.80. The Kier molecular flexibility index (Phi) is 1.47. The van der Waals surface area contributed by atoms with E-state index in [1.165, 1.54) is 0 Å². The van der Waals surface area contributed by atoms with Gasteiger partial charge in [-0.15, -0.1) is 0 Å². The summed E-state index contributed by atoms with van der Waals surface area (Å²) >= 11 is 0. The number of pyridine rings is 1. The van der Waals surface area contributed by atoms with E-state index in [4.69, 9.17) is 7.11 Å². The van der Waals surface area contributed by atoms with Crippen molar-refractivity contribution < 1.29 is 4.74 Å². The smallest absolute Gasteiger partial charge is 0.213 e. The van der Waals surface area contributed by atoms with Crippen molar-refractivity contribution in [2.45, 2.75) is 0 Å². The lowest BCUT2D eigenvalue weighted by atomic mass is 10.5. The van der Waals surface area contributed by atoms with Gasteiger partial charge >= 0.3 is 0 Å². The van der Waals surface area contributed by atoms with E-state index >= 15 is 0 Å². The van der Waals surface area contributed by atoms with Crippen LogP contribution in [0.1, 0.15) is 0 Å². The van der Waals surface area contributed by atoms with Crippen LogP contribution in [0, 0.1) is 7.11 Å². The van der Waals surface area contributed by atoms with Crippen LogP contribution >= 0.6 is 0 Å². The first kappa shape index (κ1) is 5.09. The standard InChI is InChI=1S/C6H5NO/c1-8-6-4-2-3-5-7-6/h1-5H. The van der Waals surface area contributed by atoms with Gasteiger partial charge in [0.2, 0.25) is 5.88 Å². The molecule has 2 heteroatoms. The van der Waals surface area contributed by atoms with Gasteiger partial charge in [-0.05, 0) is 6.07 Å². The molecule has 0 aliphatic rings. The molecule has 2 radical (unpaired) electrons. The van der Waals surface area contributed by atoms with Gasteiger partial charge < -0.3 is 4.74 Å². The highest BCUT2D eigenvalue weighted by Gasteiger charge is 1.82. The van der Waals surface area contributed by atoms with Crippen molar-refractivity contribution in [2.75, 3.05) is 0 Å². The van der Waals surface area contributed by atoms with Crippen LogP contribution in [0.15, 0.2) is 24.4 Å². The first-order valence-electron chi connectivity index (χ1n) is 2.21. The molecule has 0 atom stereocenters. The van der Waals surface area contributed by atoms with Gasteiger partial charge in [0.1, 0.15) is 0 Å². The first-order valence-corrected chi connectivity index (χ1v) is 2.21. The lowest BCUT2D eigenvalue weighted by Gasteiger charge is -1.91. The van der Waals surface area contributed by atoms with E-state index in [0.29, 0.717) is 5.88 Å². The predicted molar refractivity (Wildman–Crippen MR) is 29.2 cm³/mol. The van der Waals surface area contributed by atoms with Crippen LogP contribution in [0.25, 0.3) is 0 Å². The summed E-state index contributed by atoms with van der Waals surface area (Å²) in [6.45, 7) is 0. The van der Waals surface area contributed by atoms with E-state index in [1.54, 1.807) is 24.4 Å². The fourth-order valence-corrected chi connectivity index (χ4v) is 0.417. The van der Waals surface area contributed by atoms with Gasteiger partial charge in [0.15, 0.2) is 7.11 Å². The summed E-state index contributed by atoms with van der Waals surface area (Å²) in [7, 11) is 4.79. The SMILES string of the molecule is [CH]Oc1ccccn1. The van der Waals surface area contributed by atoms with E-state index in [2.05, 4.69) is 9.72 Å². The molecule has 0 fully saturated rings. The predicted octanol–water partition coefficient (Wildman–Crippen LogP) is 1.13. The highest BCUT2D eigenvalue weighted by molar-refractivity contribution is 5.08. The van der Waals surface area contributed by atoms with Crippen molar-refractivity contribution in [2.24, 2.45) is 0 Å². The quantitative estimate of drug-likeness (QED) is 0.536. The highest BCUT2D eigenvalue weighted by atomic mass is 16.5. The average molecular weight is 107 g/mol. The number of nitrogens with zero attached hydrogens (tertiary/aromatic N) is 1. The fraction of sp³-hybridized carbons (Fsp3) is 0. The van der Waals surface area contributed by atoms with Gasteiger partial charge in [-0.2, -0.15) is 0 Å². The molecule has 1 rings (SSSR count). The molecular weight excluding hydrogens is 102 g/mol. The molecule has 8 heavy (non-hydrogen) atoms. The number of hydrogen-bond donors (Lipinski definition) is 0. The van der Waals surface area contributed by atoms with Gasteiger partial charge in [0.05, 0.1) is 0 Å². The van der Waals surface area contributed by atoms with Crippen LogP contribution in [0.4, 0.5) is 0 Å². The maximum Gasteiger partial charge on any atom is 0.213 e. The molecule has 0 aromatic carbocycles. The minimum Gasteiger partial charge on any atom is -0.466 e. The molecule has 0 aliphatic carbocycles. The molecule has 2 nitrogen and oxygen atoms in total. The molecule has 0 unspecified atom stereocenters. The molecule has 0 saturated carbocycles. The van der Waals surface area contributed by atoms with E-state index < -0.39 is 0 Å². The van der Waals surface area contributed by atoms with Gasteiger partial charge in [-0.1, -0.05) is 6.07 Å². The molecular formula is C6H5NO. The van der Waals surface area contributed by atoms with Crippen LogP contribution < -0.4 is 4.74 Å². The number of hydrogen-bond acceptors (Lipinski definition) is 2. The molecule has 1 aromatic rings. The van der Waals surface area contributed by atoms with Crippen molar-refractivity contribution in [3.05, 3.63) is 31.5 Å². The molecule has 1 aromatic heterocycles. The Morgan fingerprint density at radius 3 is 2.75 bits per heavy atom. The zero-order valence-electron chi connectivity index (χ0n) is 4.24. The van der Waals surface area contributed by atoms with Crippen molar-refractivity contribution >= 4 is 0 Å². The van der Waals surface area contributed by atoms with Crippen molar-refractivity contribution in [1.82, 2.24) is 4.98 Å². The second kappa shape index (κ2) is 2.31. The number of aromatic nitrogens is 1. The summed E-state index contributed by atoms with van der Waals surface area (Å²) in [5.74, 6) is 0.438. The number of ether oxygens (including phenoxy) is 1. The fourth-order valence-electron chi connectivity index (χ4n) is 0.417. The van der Waals surface area contributed by atoms with Gasteiger partial charge in [-0.3, -0.25) is 0 Å². The van der Waals surface area contributed by atoms with Crippen LogP contribution in [0.3, 0.4) is 0 Å². The molecule has 0 saturated heterocycles. The minimum absolute atomic E-state index is 0.438. The van der Waals surface area contributed by atoms with Crippen LogP contribution in [0.2, 0.25) is 0 Å². The minimum atomic E-state index is 0.438. The Labute approximate surface area is 48.1 Å². The summed E-state index contributed by atoms with van der Waals surface area (Å²) in [5.41, 5.74) is 0. The second-order valence-electron chi connectivity index (χ2n) is 1.29. The summed E-state index contributed by atoms with van der Waals surface area (Å²) in [5, 5.41) is 0. The third-order valence-electron chi connectivity index (χ3n) is 0.759. The normalized spacial score (nSPS) is 8.62. The van der Waals surface area contributed by atoms with E-state index in [-0.39, 0.29) is 0 Å².